The molecule has 3 N–H and O–H groups in total. The number of anilines is 1. The Morgan fingerprint density at radius 2 is 1.93 bits per heavy atom. The lowest BCUT2D eigenvalue weighted by Crippen LogP contribution is -2.39. The first kappa shape index (κ1) is 19.3. The number of rotatable bonds is 5. The molecule has 2 aliphatic rings. The molecule has 1 atom stereocenters. The lowest BCUT2D eigenvalue weighted by molar-refractivity contribution is -0.156. The van der Waals surface area contributed by atoms with Gasteiger partial charge in [0.1, 0.15) is 11.6 Å². The van der Waals surface area contributed by atoms with Gasteiger partial charge in [0, 0.05) is 4.88 Å². The highest BCUT2D eigenvalue weighted by atomic mass is 32.1. The molecule has 1 aromatic carbocycles. The summed E-state index contributed by atoms with van der Waals surface area (Å²) >= 11 is 1.36. The van der Waals surface area contributed by atoms with Crippen molar-refractivity contribution in [2.24, 2.45) is 5.73 Å². The number of para-hydroxylation sites is 2. The van der Waals surface area contributed by atoms with Crippen LogP contribution in [0.15, 0.2) is 24.3 Å². The molecule has 1 unspecified atom stereocenters. The van der Waals surface area contributed by atoms with E-state index in [2.05, 4.69) is 5.32 Å². The Kier molecular flexibility index (Phi) is 5.39. The molecule has 152 valence electrons. The molecule has 2 amide bonds. The number of amides is 2. The number of ether oxygens (including phenoxy) is 3. The van der Waals surface area contributed by atoms with E-state index in [4.69, 9.17) is 19.9 Å². The SMILES string of the molecule is NC(=O)c1c(NC(=O)COC(=O)C2COc3ccccc3O2)sc2c1CCCC2. The van der Waals surface area contributed by atoms with E-state index in [1.807, 2.05) is 0 Å². The fourth-order valence-corrected chi connectivity index (χ4v) is 4.75. The number of carbonyl (C=O) groups is 3. The van der Waals surface area contributed by atoms with E-state index in [0.29, 0.717) is 22.1 Å². The van der Waals surface area contributed by atoms with E-state index in [0.717, 1.165) is 36.1 Å². The highest BCUT2D eigenvalue weighted by Gasteiger charge is 2.30. The van der Waals surface area contributed by atoms with E-state index < -0.39 is 30.5 Å². The van der Waals surface area contributed by atoms with Crippen molar-refractivity contribution in [2.45, 2.75) is 31.8 Å². The van der Waals surface area contributed by atoms with Crippen LogP contribution < -0.4 is 20.5 Å². The second-order valence-corrected chi connectivity index (χ2v) is 7.90. The molecule has 4 rings (SSSR count). The Morgan fingerprint density at radius 3 is 2.72 bits per heavy atom. The predicted octanol–water partition coefficient (Wildman–Crippen LogP) is 2.05. The summed E-state index contributed by atoms with van der Waals surface area (Å²) in [5.74, 6) is -0.815. The Balaban J connectivity index is 1.36. The first-order chi connectivity index (χ1) is 14.0. The zero-order chi connectivity index (χ0) is 20.4. The molecule has 29 heavy (non-hydrogen) atoms. The molecule has 1 aliphatic carbocycles. The van der Waals surface area contributed by atoms with E-state index in [1.165, 1.54) is 11.3 Å². The molecular formula is C20H20N2O6S. The number of hydrogen-bond donors (Lipinski definition) is 2. The Bertz CT molecular complexity index is 970. The van der Waals surface area contributed by atoms with Gasteiger partial charge in [-0.25, -0.2) is 4.79 Å². The third-order valence-corrected chi connectivity index (χ3v) is 5.99. The molecule has 2 aromatic rings. The van der Waals surface area contributed by atoms with Crippen molar-refractivity contribution < 1.29 is 28.6 Å². The van der Waals surface area contributed by atoms with Gasteiger partial charge in [0.25, 0.3) is 11.8 Å². The summed E-state index contributed by atoms with van der Waals surface area (Å²) in [6.45, 7) is -0.498. The second-order valence-electron chi connectivity index (χ2n) is 6.80. The van der Waals surface area contributed by atoms with Crippen molar-refractivity contribution in [3.05, 3.63) is 40.3 Å². The van der Waals surface area contributed by atoms with Crippen molar-refractivity contribution in [3.8, 4) is 11.5 Å². The number of hydrogen-bond acceptors (Lipinski definition) is 7. The normalized spacial score (nSPS) is 17.2. The summed E-state index contributed by atoms with van der Waals surface area (Å²) in [5.41, 5.74) is 6.81. The maximum Gasteiger partial charge on any atom is 0.351 e. The molecule has 0 spiro atoms. The second kappa shape index (κ2) is 8.12. The van der Waals surface area contributed by atoms with Gasteiger partial charge in [-0.3, -0.25) is 9.59 Å². The Morgan fingerprint density at radius 1 is 1.17 bits per heavy atom. The molecule has 1 aromatic heterocycles. The first-order valence-corrected chi connectivity index (χ1v) is 10.1. The summed E-state index contributed by atoms with van der Waals surface area (Å²) in [7, 11) is 0. The molecule has 0 saturated carbocycles. The summed E-state index contributed by atoms with van der Waals surface area (Å²) in [6.07, 6.45) is 2.72. The van der Waals surface area contributed by atoms with Gasteiger partial charge in [0.2, 0.25) is 6.10 Å². The van der Waals surface area contributed by atoms with Crippen LogP contribution in [0.25, 0.3) is 0 Å². The number of primary amides is 1. The number of fused-ring (bicyclic) bond motifs is 2. The summed E-state index contributed by atoms with van der Waals surface area (Å²) in [6, 6.07) is 6.99. The minimum atomic E-state index is -0.951. The largest absolute Gasteiger partial charge is 0.485 e. The first-order valence-electron chi connectivity index (χ1n) is 9.32. The van der Waals surface area contributed by atoms with Crippen LogP contribution in [0.3, 0.4) is 0 Å². The molecule has 0 radical (unpaired) electrons. The van der Waals surface area contributed by atoms with E-state index in [1.54, 1.807) is 24.3 Å². The molecule has 0 saturated heterocycles. The molecule has 2 heterocycles. The molecule has 0 fully saturated rings. The minimum Gasteiger partial charge on any atom is -0.485 e. The fourth-order valence-electron chi connectivity index (χ4n) is 3.44. The van der Waals surface area contributed by atoms with Crippen LogP contribution in [0.4, 0.5) is 5.00 Å². The summed E-state index contributed by atoms with van der Waals surface area (Å²) in [5, 5.41) is 3.07. The van der Waals surface area contributed by atoms with Crippen LogP contribution in [0, 0.1) is 0 Å². The lowest BCUT2D eigenvalue weighted by atomic mass is 9.95. The van der Waals surface area contributed by atoms with Gasteiger partial charge < -0.3 is 25.3 Å². The smallest absolute Gasteiger partial charge is 0.351 e. The number of thiophene rings is 1. The maximum atomic E-state index is 12.3. The van der Waals surface area contributed by atoms with E-state index in [-0.39, 0.29) is 6.61 Å². The monoisotopic (exact) mass is 416 g/mol. The molecule has 1 aliphatic heterocycles. The van der Waals surface area contributed by atoms with Crippen LogP contribution >= 0.6 is 11.3 Å². The fraction of sp³-hybridized carbons (Fsp3) is 0.350. The van der Waals surface area contributed by atoms with Crippen LogP contribution in [-0.4, -0.2) is 37.1 Å². The number of nitrogens with one attached hydrogen (secondary N) is 1. The molecule has 9 heteroatoms. The predicted molar refractivity (Wildman–Crippen MR) is 105 cm³/mol. The number of nitrogens with two attached hydrogens (primary N) is 1. The van der Waals surface area contributed by atoms with Crippen LogP contribution in [-0.2, 0) is 27.2 Å². The van der Waals surface area contributed by atoms with Crippen LogP contribution in [0.5, 0.6) is 11.5 Å². The van der Waals surface area contributed by atoms with E-state index in [9.17, 15) is 14.4 Å². The summed E-state index contributed by atoms with van der Waals surface area (Å²) in [4.78, 5) is 37.4. The van der Waals surface area contributed by atoms with Crippen molar-refractivity contribution in [1.82, 2.24) is 0 Å². The zero-order valence-corrected chi connectivity index (χ0v) is 16.4. The van der Waals surface area contributed by atoms with Crippen molar-refractivity contribution in [2.75, 3.05) is 18.5 Å². The van der Waals surface area contributed by atoms with Crippen molar-refractivity contribution in [1.29, 1.82) is 0 Å². The highest BCUT2D eigenvalue weighted by molar-refractivity contribution is 7.17. The Labute approximate surface area is 170 Å². The molecule has 0 bridgehead atoms. The van der Waals surface area contributed by atoms with Gasteiger partial charge in [0.05, 0.1) is 5.56 Å². The molecular weight excluding hydrogens is 396 g/mol. The Hall–Kier alpha value is -3.07. The number of carbonyl (C=O) groups excluding carboxylic acids is 3. The van der Waals surface area contributed by atoms with Gasteiger partial charge in [-0.15, -0.1) is 11.3 Å². The maximum absolute atomic E-state index is 12.3. The lowest BCUT2D eigenvalue weighted by Gasteiger charge is -2.24. The van der Waals surface area contributed by atoms with Crippen LogP contribution in [0.2, 0.25) is 0 Å². The van der Waals surface area contributed by atoms with Crippen LogP contribution in [0.1, 0.15) is 33.6 Å². The van der Waals surface area contributed by atoms with Crippen molar-refractivity contribution in [3.63, 3.8) is 0 Å². The van der Waals surface area contributed by atoms with Gasteiger partial charge in [-0.2, -0.15) is 0 Å². The molecule has 8 nitrogen and oxygen atoms in total. The highest BCUT2D eigenvalue weighted by Crippen LogP contribution is 2.38. The van der Waals surface area contributed by atoms with E-state index >= 15 is 0 Å². The number of aryl methyl sites for hydroxylation is 1. The van der Waals surface area contributed by atoms with Crippen molar-refractivity contribution >= 4 is 34.1 Å². The standard InChI is InChI=1S/C20H20N2O6S/c21-18(24)17-11-5-1-4-8-15(11)29-19(17)22-16(23)10-27-20(25)14-9-26-12-6-2-3-7-13(12)28-14/h2-3,6-7,14H,1,4-5,8-10H2,(H2,21,24)(H,22,23). The minimum absolute atomic E-state index is 0.000926. The average Bonchev–Trinajstić information content (AvgIpc) is 3.09. The van der Waals surface area contributed by atoms with Gasteiger partial charge >= 0.3 is 5.97 Å². The topological polar surface area (TPSA) is 117 Å². The number of benzene rings is 1. The van der Waals surface area contributed by atoms with Gasteiger partial charge in [-0.05, 0) is 43.4 Å². The third kappa shape index (κ3) is 4.04. The number of esters is 1. The van der Waals surface area contributed by atoms with Gasteiger partial charge in [0.15, 0.2) is 18.1 Å². The average molecular weight is 416 g/mol. The summed E-state index contributed by atoms with van der Waals surface area (Å²) < 4.78 is 16.1. The third-order valence-electron chi connectivity index (χ3n) is 4.79. The quantitative estimate of drug-likeness (QED) is 0.721. The zero-order valence-electron chi connectivity index (χ0n) is 15.6. The van der Waals surface area contributed by atoms with Gasteiger partial charge in [-0.1, -0.05) is 12.1 Å².